The van der Waals surface area contributed by atoms with Crippen molar-refractivity contribution in [3.63, 3.8) is 0 Å². The van der Waals surface area contributed by atoms with E-state index in [0.29, 0.717) is 16.4 Å². The summed E-state index contributed by atoms with van der Waals surface area (Å²) in [5.41, 5.74) is 4.00. The van der Waals surface area contributed by atoms with E-state index in [1.165, 1.54) is 0 Å². The van der Waals surface area contributed by atoms with Crippen LogP contribution in [0.2, 0.25) is 0 Å². The number of Topliss-reactive ketones (excluding diaryl/α,β-unsaturated/α-hetero) is 1. The zero-order chi connectivity index (χ0) is 27.3. The van der Waals surface area contributed by atoms with Crippen LogP contribution in [0.1, 0.15) is 56.9 Å². The van der Waals surface area contributed by atoms with Crippen molar-refractivity contribution < 1.29 is 14.9 Å². The lowest BCUT2D eigenvalue weighted by atomic mass is 9.79. The molecule has 0 radical (unpaired) electrons. The van der Waals surface area contributed by atoms with Crippen LogP contribution in [0.25, 0.3) is 32.7 Å². The fraction of sp³-hybridized carbons (Fsp3) is 0.294. The van der Waals surface area contributed by atoms with Crippen LogP contribution in [0.15, 0.2) is 71.4 Å². The molecule has 41 heavy (non-hydrogen) atoms. The Bertz CT molecular complexity index is 2000. The van der Waals surface area contributed by atoms with E-state index in [-0.39, 0.29) is 22.9 Å². The van der Waals surface area contributed by atoms with Crippen LogP contribution in [0.4, 0.5) is 17.1 Å². The second-order valence-corrected chi connectivity index (χ2v) is 12.3. The Labute approximate surface area is 236 Å². The van der Waals surface area contributed by atoms with Crippen LogP contribution in [-0.2, 0) is 9.68 Å². The van der Waals surface area contributed by atoms with Gasteiger partial charge in [0, 0.05) is 32.9 Å². The van der Waals surface area contributed by atoms with E-state index in [1.54, 1.807) is 0 Å². The lowest BCUT2D eigenvalue weighted by Gasteiger charge is -2.40. The van der Waals surface area contributed by atoms with Crippen LogP contribution >= 0.6 is 0 Å². The second kappa shape index (κ2) is 8.10. The summed E-state index contributed by atoms with van der Waals surface area (Å²) in [4.78, 5) is 24.5. The maximum absolute atomic E-state index is 14.2. The zero-order valence-electron chi connectivity index (χ0n) is 22.6. The fourth-order valence-electron chi connectivity index (χ4n) is 8.02. The van der Waals surface area contributed by atoms with Crippen LogP contribution < -0.4 is 26.5 Å². The molecule has 0 bridgehead atoms. The number of carbonyl (C=O) groups is 1. The third kappa shape index (κ3) is 3.12. The molecule has 5 aliphatic rings. The number of carbonyl (C=O) groups excluding carboxylic acids is 1. The number of hydrogen-bond acceptors (Lipinski definition) is 7. The Morgan fingerprint density at radius 1 is 0.732 bits per heavy atom. The largest absolute Gasteiger partial charge is 0.362 e. The van der Waals surface area contributed by atoms with Gasteiger partial charge in [0.25, 0.3) is 0 Å². The quantitative estimate of drug-likeness (QED) is 0.182. The standard InChI is InChI=1S/C34H30N4O3/c39-31-27(21-13-11-19-7-5-9-23-25(19)29(21)37-33(35-23)15-1-2-16-33)32(41-40)28(31)22-14-12-20-8-6-10-24-26(20)30(22)38-34(36-24)17-3-4-18-34/h5-14,35-37,40H,1-4,15-18H2/b28-22-. The van der Waals surface area contributed by atoms with Crippen LogP contribution in [0.3, 0.4) is 0 Å². The average molecular weight is 543 g/mol. The van der Waals surface area contributed by atoms with Crippen LogP contribution in [-0.4, -0.2) is 22.4 Å². The van der Waals surface area contributed by atoms with E-state index in [2.05, 4.69) is 52.3 Å². The lowest BCUT2D eigenvalue weighted by molar-refractivity contribution is -0.198. The Hall–Kier alpha value is -4.36. The summed E-state index contributed by atoms with van der Waals surface area (Å²) >= 11 is 0. The third-order valence-corrected chi connectivity index (χ3v) is 9.92. The summed E-state index contributed by atoms with van der Waals surface area (Å²) in [7, 11) is 0. The van der Waals surface area contributed by atoms with Crippen molar-refractivity contribution in [3.05, 3.63) is 82.6 Å². The normalized spacial score (nSPS) is 22.4. The molecule has 4 aromatic rings. The molecule has 9 rings (SSSR count). The Balaban J connectivity index is 1.31. The minimum Gasteiger partial charge on any atom is -0.362 e. The van der Waals surface area contributed by atoms with Gasteiger partial charge >= 0.3 is 0 Å². The number of nitrogens with zero attached hydrogens (tertiary/aromatic N) is 1. The number of allylic oxidation sites excluding steroid dienone is 2. The maximum Gasteiger partial charge on any atom is 0.202 e. The monoisotopic (exact) mass is 542 g/mol. The third-order valence-electron chi connectivity index (χ3n) is 9.92. The minimum atomic E-state index is -0.358. The molecule has 4 aromatic carbocycles. The molecule has 2 aliphatic heterocycles. The van der Waals surface area contributed by atoms with E-state index in [1.807, 2.05) is 24.3 Å². The molecule has 0 amide bonds. The molecular weight excluding hydrogens is 512 g/mol. The molecule has 0 atom stereocenters. The van der Waals surface area contributed by atoms with Gasteiger partial charge in [0.1, 0.15) is 11.3 Å². The lowest BCUT2D eigenvalue weighted by Crippen LogP contribution is -2.46. The molecule has 2 spiro atoms. The van der Waals surface area contributed by atoms with Gasteiger partial charge in [-0.3, -0.25) is 9.79 Å². The molecule has 2 saturated carbocycles. The molecule has 0 saturated heterocycles. The molecular formula is C34H30N4O3. The van der Waals surface area contributed by atoms with Crippen LogP contribution in [0, 0.1) is 0 Å². The van der Waals surface area contributed by atoms with E-state index in [0.717, 1.165) is 101 Å². The summed E-state index contributed by atoms with van der Waals surface area (Å²) in [6.07, 6.45) is 8.44. The molecule has 0 aromatic heterocycles. The molecule has 2 fully saturated rings. The van der Waals surface area contributed by atoms with Gasteiger partial charge in [0.05, 0.1) is 22.2 Å². The Morgan fingerprint density at radius 3 is 2.17 bits per heavy atom. The van der Waals surface area contributed by atoms with Gasteiger partial charge in [0.15, 0.2) is 5.76 Å². The summed E-state index contributed by atoms with van der Waals surface area (Å²) in [6, 6.07) is 20.5. The van der Waals surface area contributed by atoms with Crippen molar-refractivity contribution in [3.8, 4) is 0 Å². The number of benzene rings is 4. The number of nitrogens with one attached hydrogen (secondary N) is 3. The Kier molecular flexibility index (Phi) is 4.62. The summed E-state index contributed by atoms with van der Waals surface area (Å²) in [5, 5.41) is 27.3. The van der Waals surface area contributed by atoms with Crippen molar-refractivity contribution in [2.75, 3.05) is 16.0 Å². The molecule has 7 nitrogen and oxygen atoms in total. The first-order valence-corrected chi connectivity index (χ1v) is 14.8. The predicted molar refractivity (Wildman–Crippen MR) is 161 cm³/mol. The highest BCUT2D eigenvalue weighted by Gasteiger charge is 2.44. The van der Waals surface area contributed by atoms with Gasteiger partial charge in [0.2, 0.25) is 5.78 Å². The molecule has 7 heteroatoms. The SMILES string of the molecule is O=C1C(c2ccc3cccc4c3c2NC2(CCCC2)N4)=C(OO)/C1=c1/ccc2cccc3c2c1=NC1(CCCC1)N3. The second-order valence-electron chi connectivity index (χ2n) is 12.3. The zero-order valence-corrected chi connectivity index (χ0v) is 22.6. The van der Waals surface area contributed by atoms with Crippen LogP contribution in [0.5, 0.6) is 0 Å². The van der Waals surface area contributed by atoms with Crippen molar-refractivity contribution >= 4 is 55.5 Å². The van der Waals surface area contributed by atoms with Gasteiger partial charge in [-0.25, -0.2) is 5.26 Å². The van der Waals surface area contributed by atoms with E-state index in [4.69, 9.17) is 9.88 Å². The van der Waals surface area contributed by atoms with Gasteiger partial charge in [-0.05, 0) is 74.3 Å². The molecule has 0 unspecified atom stereocenters. The maximum atomic E-state index is 14.2. The van der Waals surface area contributed by atoms with Crippen molar-refractivity contribution in [2.24, 2.45) is 4.99 Å². The predicted octanol–water partition coefficient (Wildman–Crippen LogP) is 6.05. The number of rotatable bonds is 2. The summed E-state index contributed by atoms with van der Waals surface area (Å²) in [5.74, 6) is 0.0800. The summed E-state index contributed by atoms with van der Waals surface area (Å²) < 4.78 is 0. The van der Waals surface area contributed by atoms with E-state index in [9.17, 15) is 10.1 Å². The number of hydrogen-bond donors (Lipinski definition) is 4. The fourth-order valence-corrected chi connectivity index (χ4v) is 8.02. The molecule has 4 N–H and O–H groups in total. The highest BCUT2D eigenvalue weighted by molar-refractivity contribution is 6.52. The van der Waals surface area contributed by atoms with Gasteiger partial charge in [-0.15, -0.1) is 0 Å². The molecule has 2 heterocycles. The smallest absolute Gasteiger partial charge is 0.202 e. The topological polar surface area (TPSA) is 95.0 Å². The minimum absolute atomic E-state index is 0.134. The average Bonchev–Trinajstić information content (AvgIpc) is 3.63. The number of ketones is 1. The van der Waals surface area contributed by atoms with Gasteiger partial charge < -0.3 is 20.8 Å². The highest BCUT2D eigenvalue weighted by atomic mass is 17.1. The Morgan fingerprint density at radius 2 is 1.41 bits per heavy atom. The van der Waals surface area contributed by atoms with E-state index < -0.39 is 0 Å². The summed E-state index contributed by atoms with van der Waals surface area (Å²) in [6.45, 7) is 0. The van der Waals surface area contributed by atoms with Crippen molar-refractivity contribution in [1.82, 2.24) is 0 Å². The van der Waals surface area contributed by atoms with Gasteiger partial charge in [-0.2, -0.15) is 0 Å². The molecule has 204 valence electrons. The first kappa shape index (κ1) is 23.4. The van der Waals surface area contributed by atoms with E-state index >= 15 is 0 Å². The molecule has 3 aliphatic carbocycles. The van der Waals surface area contributed by atoms with Crippen molar-refractivity contribution in [2.45, 2.75) is 62.7 Å². The highest BCUT2D eigenvalue weighted by Crippen LogP contribution is 2.49. The van der Waals surface area contributed by atoms with Crippen molar-refractivity contribution in [1.29, 1.82) is 0 Å². The number of anilines is 3. The van der Waals surface area contributed by atoms with Gasteiger partial charge in [-0.1, -0.05) is 48.5 Å². The first-order chi connectivity index (χ1) is 20.1. The first-order valence-electron chi connectivity index (χ1n) is 14.8.